The molecule has 0 saturated carbocycles. The Hall–Kier alpha value is -1.38. The van der Waals surface area contributed by atoms with Crippen molar-refractivity contribution in [2.75, 3.05) is 6.26 Å². The van der Waals surface area contributed by atoms with Gasteiger partial charge in [0.25, 0.3) is 0 Å². The first-order chi connectivity index (χ1) is 8.98. The third-order valence-electron chi connectivity index (χ3n) is 2.13. The van der Waals surface area contributed by atoms with Crippen LogP contribution in [0.5, 0.6) is 5.75 Å². The Kier molecular flexibility index (Phi) is 4.95. The van der Waals surface area contributed by atoms with E-state index in [1.807, 2.05) is 19.6 Å². The Labute approximate surface area is 119 Å². The van der Waals surface area contributed by atoms with E-state index in [1.165, 1.54) is 24.3 Å². The maximum Gasteiger partial charge on any atom is 0.336 e. The molecule has 0 bridgehead atoms. The largest absolute Gasteiger partial charge is 0.479 e. The highest BCUT2D eigenvalue weighted by Gasteiger charge is 2.27. The molecule has 1 aromatic rings. The van der Waals surface area contributed by atoms with Gasteiger partial charge in [0.2, 0.25) is 0 Å². The predicted molar refractivity (Wildman–Crippen MR) is 76.7 cm³/mol. The Balaban J connectivity index is 2.97. The number of aliphatic carboxylic acids is 1. The molecule has 0 heterocycles. The van der Waals surface area contributed by atoms with Gasteiger partial charge in [0.05, 0.1) is 6.26 Å². The number of carboxylic acids is 1. The van der Waals surface area contributed by atoms with E-state index >= 15 is 0 Å². The minimum absolute atomic E-state index is 0.133. The highest BCUT2D eigenvalue weighted by atomic mass is 32.2. The smallest absolute Gasteiger partial charge is 0.336 e. The van der Waals surface area contributed by atoms with Gasteiger partial charge < -0.3 is 13.7 Å². The minimum Gasteiger partial charge on any atom is -0.479 e. The van der Waals surface area contributed by atoms with Crippen LogP contribution in [0.25, 0.3) is 0 Å². The average molecular weight is 318 g/mol. The molecule has 0 fully saturated rings. The van der Waals surface area contributed by atoms with Gasteiger partial charge in [-0.1, -0.05) is 12.1 Å². The Morgan fingerprint density at radius 2 is 1.70 bits per heavy atom. The van der Waals surface area contributed by atoms with Crippen LogP contribution in [-0.2, 0) is 19.3 Å². The third kappa shape index (κ3) is 5.72. The van der Waals surface area contributed by atoms with Crippen LogP contribution in [0.2, 0.25) is 19.6 Å². The van der Waals surface area contributed by atoms with Gasteiger partial charge in [0.15, 0.2) is 14.4 Å². The average Bonchev–Trinajstić information content (AvgIpc) is 2.23. The van der Waals surface area contributed by atoms with Crippen molar-refractivity contribution in [1.29, 1.82) is 0 Å². The van der Waals surface area contributed by atoms with Crippen LogP contribution in [0.3, 0.4) is 0 Å². The molecule has 1 N–H and O–H groups in total. The zero-order valence-corrected chi connectivity index (χ0v) is 13.6. The quantitative estimate of drug-likeness (QED) is 0.637. The van der Waals surface area contributed by atoms with Crippen molar-refractivity contribution < 1.29 is 26.9 Å². The van der Waals surface area contributed by atoms with E-state index < -0.39 is 30.5 Å². The molecule has 0 saturated heterocycles. The second-order valence-corrected chi connectivity index (χ2v) is 11.3. The van der Waals surface area contributed by atoms with Gasteiger partial charge in [-0.25, -0.2) is 4.79 Å². The lowest BCUT2D eigenvalue weighted by atomic mass is 10.1. The molecule has 1 aromatic carbocycles. The zero-order chi connectivity index (χ0) is 15.6. The molecule has 0 radical (unpaired) electrons. The SMILES string of the molecule is C[Si](C)(C)OC(C(=O)O)c1ccc(OS(C)(=O)=O)cc1. The molecule has 0 aromatic heterocycles. The maximum atomic E-state index is 11.3. The summed E-state index contributed by atoms with van der Waals surface area (Å²) in [5.41, 5.74) is 0.445. The first kappa shape index (κ1) is 16.7. The van der Waals surface area contributed by atoms with Gasteiger partial charge >= 0.3 is 16.1 Å². The molecule has 112 valence electrons. The molecule has 1 unspecified atom stereocenters. The number of rotatable bonds is 6. The molecule has 0 aliphatic rings. The summed E-state index contributed by atoms with van der Waals surface area (Å²) in [5.74, 6) is -0.947. The summed E-state index contributed by atoms with van der Waals surface area (Å²) in [6.07, 6.45) is -0.121. The second kappa shape index (κ2) is 5.94. The number of carboxylic acid groups (broad SMARTS) is 1. The monoisotopic (exact) mass is 318 g/mol. The number of hydrogen-bond donors (Lipinski definition) is 1. The minimum atomic E-state index is -3.60. The summed E-state index contributed by atoms with van der Waals surface area (Å²) in [7, 11) is -5.62. The highest BCUT2D eigenvalue weighted by Crippen LogP contribution is 2.25. The van der Waals surface area contributed by atoms with Crippen molar-refractivity contribution in [3.63, 3.8) is 0 Å². The van der Waals surface area contributed by atoms with Crippen LogP contribution in [-0.4, -0.2) is 34.1 Å². The van der Waals surface area contributed by atoms with Crippen molar-refractivity contribution in [2.24, 2.45) is 0 Å². The van der Waals surface area contributed by atoms with Gasteiger partial charge in [-0.15, -0.1) is 0 Å². The van der Waals surface area contributed by atoms with Crippen molar-refractivity contribution in [3.8, 4) is 5.75 Å². The van der Waals surface area contributed by atoms with Crippen molar-refractivity contribution >= 4 is 24.4 Å². The van der Waals surface area contributed by atoms with E-state index in [9.17, 15) is 18.3 Å². The number of hydrogen-bond acceptors (Lipinski definition) is 5. The molecule has 0 spiro atoms. The van der Waals surface area contributed by atoms with Crippen LogP contribution in [0.15, 0.2) is 24.3 Å². The molecular formula is C12H18O6SSi. The van der Waals surface area contributed by atoms with E-state index in [0.29, 0.717) is 5.56 Å². The van der Waals surface area contributed by atoms with Crippen LogP contribution in [0.4, 0.5) is 0 Å². The van der Waals surface area contributed by atoms with E-state index in [1.54, 1.807) is 0 Å². The van der Waals surface area contributed by atoms with E-state index in [2.05, 4.69) is 0 Å². The molecular weight excluding hydrogens is 300 g/mol. The summed E-state index contributed by atoms with van der Waals surface area (Å²) >= 11 is 0. The lowest BCUT2D eigenvalue weighted by molar-refractivity contribution is -0.145. The lowest BCUT2D eigenvalue weighted by Crippen LogP contribution is -2.31. The van der Waals surface area contributed by atoms with E-state index in [-0.39, 0.29) is 5.75 Å². The normalized spacial score (nSPS) is 13.8. The van der Waals surface area contributed by atoms with Crippen LogP contribution < -0.4 is 4.18 Å². The van der Waals surface area contributed by atoms with E-state index in [0.717, 1.165) is 6.26 Å². The molecule has 0 aliphatic heterocycles. The number of benzene rings is 1. The van der Waals surface area contributed by atoms with Crippen LogP contribution in [0, 0.1) is 0 Å². The summed E-state index contributed by atoms with van der Waals surface area (Å²) < 4.78 is 32.3. The standard InChI is InChI=1S/C12H18O6SSi/c1-19(15,16)17-10-7-5-9(6-8-10)11(12(13)14)18-20(2,3)4/h5-8,11H,1-4H3,(H,13,14). The Morgan fingerprint density at radius 3 is 2.05 bits per heavy atom. The zero-order valence-electron chi connectivity index (χ0n) is 11.8. The van der Waals surface area contributed by atoms with Gasteiger partial charge in [-0.3, -0.25) is 0 Å². The first-order valence-corrected chi connectivity index (χ1v) is 11.1. The summed E-state index contributed by atoms with van der Waals surface area (Å²) in [5, 5.41) is 9.22. The molecule has 6 nitrogen and oxygen atoms in total. The fraction of sp³-hybridized carbons (Fsp3) is 0.417. The topological polar surface area (TPSA) is 89.9 Å². The van der Waals surface area contributed by atoms with Gasteiger partial charge in [0.1, 0.15) is 5.75 Å². The second-order valence-electron chi connectivity index (χ2n) is 5.30. The fourth-order valence-electron chi connectivity index (χ4n) is 1.49. The van der Waals surface area contributed by atoms with Gasteiger partial charge in [0, 0.05) is 0 Å². The molecule has 0 aliphatic carbocycles. The van der Waals surface area contributed by atoms with Crippen LogP contribution in [0.1, 0.15) is 11.7 Å². The summed E-state index contributed by atoms with van der Waals surface area (Å²) in [6.45, 7) is 5.68. The molecule has 1 atom stereocenters. The predicted octanol–water partition coefficient (Wildman–Crippen LogP) is 2.00. The van der Waals surface area contributed by atoms with Gasteiger partial charge in [-0.2, -0.15) is 8.42 Å². The Bertz CT molecular complexity index is 573. The Morgan fingerprint density at radius 1 is 1.20 bits per heavy atom. The van der Waals surface area contributed by atoms with Crippen molar-refractivity contribution in [3.05, 3.63) is 29.8 Å². The van der Waals surface area contributed by atoms with E-state index in [4.69, 9.17) is 8.61 Å². The van der Waals surface area contributed by atoms with Crippen molar-refractivity contribution in [1.82, 2.24) is 0 Å². The summed E-state index contributed by atoms with van der Waals surface area (Å²) in [4.78, 5) is 11.3. The molecule has 1 rings (SSSR count). The van der Waals surface area contributed by atoms with Crippen molar-refractivity contribution in [2.45, 2.75) is 25.7 Å². The first-order valence-electron chi connectivity index (χ1n) is 5.88. The maximum absolute atomic E-state index is 11.3. The number of carbonyl (C=O) groups is 1. The highest BCUT2D eigenvalue weighted by molar-refractivity contribution is 7.86. The molecule has 0 amide bonds. The fourth-order valence-corrected chi connectivity index (χ4v) is 2.89. The lowest BCUT2D eigenvalue weighted by Gasteiger charge is -2.23. The third-order valence-corrected chi connectivity index (χ3v) is 3.56. The van der Waals surface area contributed by atoms with Crippen LogP contribution >= 0.6 is 0 Å². The molecule has 20 heavy (non-hydrogen) atoms. The molecule has 8 heteroatoms. The van der Waals surface area contributed by atoms with Gasteiger partial charge in [-0.05, 0) is 37.3 Å². The summed E-state index contributed by atoms with van der Waals surface area (Å²) in [6, 6.07) is 5.78.